The molecule has 4 rings (SSSR count). The van der Waals surface area contributed by atoms with Crippen molar-refractivity contribution in [3.05, 3.63) is 101 Å². The van der Waals surface area contributed by atoms with Crippen molar-refractivity contribution in [2.24, 2.45) is 5.92 Å². The number of carbonyl (C=O) groups is 4. The predicted octanol–water partition coefficient (Wildman–Crippen LogP) is 6.49. The summed E-state index contributed by atoms with van der Waals surface area (Å²) in [5.41, 5.74) is 2.14. The van der Waals surface area contributed by atoms with E-state index in [1.54, 1.807) is 58.6 Å². The number of carbonyl (C=O) groups excluding carboxylic acids is 4. The third-order valence-electron chi connectivity index (χ3n) is 8.68. The van der Waals surface area contributed by atoms with Crippen molar-refractivity contribution in [1.82, 2.24) is 15.5 Å². The van der Waals surface area contributed by atoms with E-state index in [0.717, 1.165) is 16.7 Å². The number of nitrogens with one attached hydrogen (secondary N) is 2. The Morgan fingerprint density at radius 2 is 1.29 bits per heavy atom. The second-order valence-corrected chi connectivity index (χ2v) is 15.6. The number of aromatic hydroxyl groups is 1. The van der Waals surface area contributed by atoms with Crippen LogP contribution in [-0.2, 0) is 36.7 Å². The predicted molar refractivity (Wildman–Crippen MR) is 196 cm³/mol. The van der Waals surface area contributed by atoms with E-state index in [1.807, 2.05) is 69.3 Å². The summed E-state index contributed by atoms with van der Waals surface area (Å²) in [6, 6.07) is 17.8. The molecule has 3 aromatic rings. The topological polar surface area (TPSA) is 134 Å². The van der Waals surface area contributed by atoms with E-state index < -0.39 is 53.2 Å². The molecular formula is C41H53N3O7. The van der Waals surface area contributed by atoms with Crippen LogP contribution >= 0.6 is 0 Å². The highest BCUT2D eigenvalue weighted by molar-refractivity contribution is 5.95. The number of ether oxygens (including phenoxy) is 2. The smallest absolute Gasteiger partial charge is 0.408 e. The molecule has 274 valence electrons. The van der Waals surface area contributed by atoms with Crippen LogP contribution in [0.2, 0.25) is 0 Å². The molecule has 0 radical (unpaired) electrons. The minimum atomic E-state index is -1.14. The quantitative estimate of drug-likeness (QED) is 0.184. The van der Waals surface area contributed by atoms with Crippen LogP contribution in [0.3, 0.4) is 0 Å². The van der Waals surface area contributed by atoms with Gasteiger partial charge in [0.05, 0.1) is 0 Å². The van der Waals surface area contributed by atoms with E-state index in [2.05, 4.69) is 10.6 Å². The molecule has 3 aromatic carbocycles. The lowest BCUT2D eigenvalue weighted by Gasteiger charge is -2.37. The Bertz CT molecular complexity index is 1670. The summed E-state index contributed by atoms with van der Waals surface area (Å²) in [7, 11) is 0. The van der Waals surface area contributed by atoms with E-state index in [1.165, 1.54) is 12.1 Å². The fourth-order valence-corrected chi connectivity index (χ4v) is 6.19. The van der Waals surface area contributed by atoms with Crippen LogP contribution in [0, 0.1) is 19.8 Å². The summed E-state index contributed by atoms with van der Waals surface area (Å²) < 4.78 is 11.3. The maximum Gasteiger partial charge on any atom is 0.408 e. The van der Waals surface area contributed by atoms with Gasteiger partial charge >= 0.3 is 12.1 Å². The maximum absolute atomic E-state index is 15.0. The summed E-state index contributed by atoms with van der Waals surface area (Å²) >= 11 is 0. The Kier molecular flexibility index (Phi) is 12.2. The van der Waals surface area contributed by atoms with Gasteiger partial charge in [-0.1, -0.05) is 67.6 Å². The fraction of sp³-hybridized carbons (Fsp3) is 0.463. The zero-order valence-corrected chi connectivity index (χ0v) is 31.3. The molecule has 0 saturated heterocycles. The van der Waals surface area contributed by atoms with Gasteiger partial charge in [0, 0.05) is 18.9 Å². The fourth-order valence-electron chi connectivity index (χ4n) is 6.19. The lowest BCUT2D eigenvalue weighted by atomic mass is 9.92. The van der Waals surface area contributed by atoms with Gasteiger partial charge < -0.3 is 30.1 Å². The molecule has 0 aliphatic heterocycles. The minimum absolute atomic E-state index is 0.0666. The molecule has 0 heterocycles. The second-order valence-electron chi connectivity index (χ2n) is 15.6. The van der Waals surface area contributed by atoms with Gasteiger partial charge in [-0.2, -0.15) is 0 Å². The zero-order chi connectivity index (χ0) is 37.7. The van der Waals surface area contributed by atoms with Crippen molar-refractivity contribution < 1.29 is 33.8 Å². The van der Waals surface area contributed by atoms with Crippen LogP contribution in [0.25, 0.3) is 0 Å². The molecule has 10 nitrogen and oxygen atoms in total. The number of phenols is 1. The third-order valence-corrected chi connectivity index (χ3v) is 8.68. The Labute approximate surface area is 301 Å². The van der Waals surface area contributed by atoms with E-state index in [9.17, 15) is 19.5 Å². The molecule has 1 aliphatic carbocycles. The monoisotopic (exact) mass is 699 g/mol. The average molecular weight is 700 g/mol. The number of benzene rings is 3. The molecule has 51 heavy (non-hydrogen) atoms. The Morgan fingerprint density at radius 1 is 0.765 bits per heavy atom. The normalized spacial score (nSPS) is 17.4. The van der Waals surface area contributed by atoms with E-state index in [0.29, 0.717) is 17.5 Å². The van der Waals surface area contributed by atoms with Crippen molar-refractivity contribution in [2.45, 2.75) is 117 Å². The highest BCUT2D eigenvalue weighted by atomic mass is 16.6. The van der Waals surface area contributed by atoms with Crippen molar-refractivity contribution in [2.75, 3.05) is 0 Å². The number of rotatable bonds is 12. The van der Waals surface area contributed by atoms with Gasteiger partial charge in [0.25, 0.3) is 0 Å². The number of aryl methyl sites for hydroxylation is 2. The molecular weight excluding hydrogens is 646 g/mol. The van der Waals surface area contributed by atoms with Crippen LogP contribution in [0.4, 0.5) is 4.79 Å². The second kappa shape index (κ2) is 16.0. The average Bonchev–Trinajstić information content (AvgIpc) is 3.74. The Hall–Kier alpha value is -4.86. The van der Waals surface area contributed by atoms with Crippen LogP contribution < -0.4 is 10.6 Å². The summed E-state index contributed by atoms with van der Waals surface area (Å²) in [6.45, 7) is 16.3. The number of hydrogen-bond acceptors (Lipinski definition) is 7. The minimum Gasteiger partial charge on any atom is -0.508 e. The van der Waals surface area contributed by atoms with Crippen molar-refractivity contribution in [3.63, 3.8) is 0 Å². The molecule has 1 fully saturated rings. The molecule has 0 spiro atoms. The number of nitrogens with zero attached hydrogens (tertiary/aromatic N) is 1. The van der Waals surface area contributed by atoms with Gasteiger partial charge in [-0.15, -0.1) is 0 Å². The molecule has 0 bridgehead atoms. The molecule has 5 unspecified atom stereocenters. The summed E-state index contributed by atoms with van der Waals surface area (Å²) in [6.07, 6.45) is 0.131. The van der Waals surface area contributed by atoms with Gasteiger partial charge in [0.1, 0.15) is 35.1 Å². The van der Waals surface area contributed by atoms with Gasteiger partial charge in [0.15, 0.2) is 0 Å². The SMILES string of the molecule is Cc1cccc(C)c1C(C(=O)NC(Cc1ccccc1)C(=O)OC(C)(C)C)N(C(=O)C(Cc1ccc(O)cc1)NC(=O)OC(C)(C)C)C1CC1C. The van der Waals surface area contributed by atoms with E-state index >= 15 is 4.79 Å². The van der Waals surface area contributed by atoms with Crippen molar-refractivity contribution in [1.29, 1.82) is 0 Å². The lowest BCUT2D eigenvalue weighted by Crippen LogP contribution is -2.56. The number of esters is 1. The zero-order valence-electron chi connectivity index (χ0n) is 31.3. The summed E-state index contributed by atoms with van der Waals surface area (Å²) in [5, 5.41) is 15.7. The van der Waals surface area contributed by atoms with Gasteiger partial charge in [-0.25, -0.2) is 9.59 Å². The van der Waals surface area contributed by atoms with E-state index in [4.69, 9.17) is 9.47 Å². The summed E-state index contributed by atoms with van der Waals surface area (Å²) in [5.74, 6) is -1.45. The largest absolute Gasteiger partial charge is 0.508 e. The molecule has 0 aromatic heterocycles. The first-order chi connectivity index (χ1) is 23.8. The highest BCUT2D eigenvalue weighted by Gasteiger charge is 2.49. The molecule has 3 N–H and O–H groups in total. The first-order valence-corrected chi connectivity index (χ1v) is 17.6. The van der Waals surface area contributed by atoms with Crippen molar-refractivity contribution >= 4 is 23.9 Å². The number of phenolic OH excluding ortho intramolecular Hbond substituents is 1. The molecule has 1 saturated carbocycles. The van der Waals surface area contributed by atoms with Gasteiger partial charge in [0.2, 0.25) is 11.8 Å². The Morgan fingerprint density at radius 3 is 1.82 bits per heavy atom. The standard InChI is InChI=1S/C41H53N3O7/c1-25-14-13-15-26(2)34(25)35(36(46)42-32(38(48)50-40(4,5)6)24-28-16-11-10-12-17-28)44(33-22-27(33)3)37(47)31(43-39(49)51-41(7,8)9)23-29-18-20-30(45)21-19-29/h10-21,27,31-33,35,45H,22-24H2,1-9H3,(H,42,46)(H,43,49). The maximum atomic E-state index is 15.0. The molecule has 1 aliphatic rings. The van der Waals surface area contributed by atoms with Crippen molar-refractivity contribution in [3.8, 4) is 5.75 Å². The first-order valence-electron chi connectivity index (χ1n) is 17.6. The molecule has 3 amide bonds. The number of amides is 3. The Balaban J connectivity index is 1.81. The third kappa shape index (κ3) is 11.1. The van der Waals surface area contributed by atoms with Crippen LogP contribution in [0.5, 0.6) is 5.75 Å². The van der Waals surface area contributed by atoms with Gasteiger partial charge in [-0.05, 0) is 108 Å². The van der Waals surface area contributed by atoms with Gasteiger partial charge in [-0.3, -0.25) is 9.59 Å². The number of alkyl carbamates (subject to hydrolysis) is 1. The van der Waals surface area contributed by atoms with E-state index in [-0.39, 0.29) is 30.6 Å². The highest BCUT2D eigenvalue weighted by Crippen LogP contribution is 2.42. The summed E-state index contributed by atoms with van der Waals surface area (Å²) in [4.78, 5) is 58.4. The molecule has 10 heteroatoms. The lowest BCUT2D eigenvalue weighted by molar-refractivity contribution is -0.159. The molecule has 5 atom stereocenters. The van der Waals surface area contributed by atoms with Crippen LogP contribution in [0.1, 0.15) is 88.7 Å². The van der Waals surface area contributed by atoms with Crippen LogP contribution in [-0.4, -0.2) is 63.2 Å². The number of hydrogen-bond donors (Lipinski definition) is 3. The first kappa shape index (κ1) is 38.9. The van der Waals surface area contributed by atoms with Crippen LogP contribution in [0.15, 0.2) is 72.8 Å².